The van der Waals surface area contributed by atoms with Gasteiger partial charge >= 0.3 is 0 Å². The standard InChI is InChI=1S/C13H21ClN2O2S/c1-4-11(9-10-14)15-12-7-5-6-8-13(12)19(17,18)16(2)3/h5-8,11,15H,4,9-10H2,1-3H3. The van der Waals surface area contributed by atoms with Crippen molar-refractivity contribution < 1.29 is 8.42 Å². The van der Waals surface area contributed by atoms with Crippen molar-refractivity contribution >= 4 is 27.3 Å². The molecule has 19 heavy (non-hydrogen) atoms. The highest BCUT2D eigenvalue weighted by molar-refractivity contribution is 7.89. The number of rotatable bonds is 7. The summed E-state index contributed by atoms with van der Waals surface area (Å²) in [5.41, 5.74) is 0.633. The Bertz CT molecular complexity index is 503. The summed E-state index contributed by atoms with van der Waals surface area (Å²) in [5.74, 6) is 0.550. The van der Waals surface area contributed by atoms with Gasteiger partial charge in [0.1, 0.15) is 4.90 Å². The summed E-state index contributed by atoms with van der Waals surface area (Å²) < 4.78 is 25.7. The topological polar surface area (TPSA) is 49.4 Å². The van der Waals surface area contributed by atoms with E-state index in [0.717, 1.165) is 12.8 Å². The predicted molar refractivity (Wildman–Crippen MR) is 80.4 cm³/mol. The number of halogens is 1. The van der Waals surface area contributed by atoms with Crippen molar-refractivity contribution in [3.8, 4) is 0 Å². The number of nitrogens with zero attached hydrogens (tertiary/aromatic N) is 1. The summed E-state index contributed by atoms with van der Waals surface area (Å²) in [6.07, 6.45) is 1.69. The Morgan fingerprint density at radius 2 is 1.95 bits per heavy atom. The SMILES string of the molecule is CCC(CCCl)Nc1ccccc1S(=O)(=O)N(C)C. The number of sulfonamides is 1. The lowest BCUT2D eigenvalue weighted by atomic mass is 10.1. The molecule has 6 heteroatoms. The second-order valence-corrected chi connectivity index (χ2v) is 7.01. The van der Waals surface area contributed by atoms with Gasteiger partial charge in [-0.15, -0.1) is 11.6 Å². The fourth-order valence-electron chi connectivity index (χ4n) is 1.74. The summed E-state index contributed by atoms with van der Waals surface area (Å²) in [6, 6.07) is 7.13. The minimum absolute atomic E-state index is 0.177. The molecule has 1 N–H and O–H groups in total. The van der Waals surface area contributed by atoms with Crippen LogP contribution in [-0.2, 0) is 10.0 Å². The zero-order chi connectivity index (χ0) is 14.5. The van der Waals surface area contributed by atoms with E-state index >= 15 is 0 Å². The summed E-state index contributed by atoms with van der Waals surface area (Å²) in [6.45, 7) is 2.05. The molecule has 1 unspecified atom stereocenters. The highest BCUT2D eigenvalue weighted by Crippen LogP contribution is 2.24. The molecule has 1 aromatic carbocycles. The van der Waals surface area contributed by atoms with Gasteiger partial charge in [-0.1, -0.05) is 19.1 Å². The van der Waals surface area contributed by atoms with Gasteiger partial charge in [0.05, 0.1) is 5.69 Å². The van der Waals surface area contributed by atoms with Crippen molar-refractivity contribution in [1.29, 1.82) is 0 Å². The molecule has 1 atom stereocenters. The molecule has 4 nitrogen and oxygen atoms in total. The summed E-state index contributed by atoms with van der Waals surface area (Å²) in [7, 11) is -0.379. The Morgan fingerprint density at radius 3 is 2.47 bits per heavy atom. The van der Waals surface area contributed by atoms with Gasteiger partial charge in [-0.3, -0.25) is 0 Å². The van der Waals surface area contributed by atoms with E-state index in [4.69, 9.17) is 11.6 Å². The molecule has 0 fully saturated rings. The number of alkyl halides is 1. The van der Waals surface area contributed by atoms with Crippen LogP contribution in [0.1, 0.15) is 19.8 Å². The van der Waals surface area contributed by atoms with Gasteiger partial charge in [0.25, 0.3) is 0 Å². The van der Waals surface area contributed by atoms with Crippen LogP contribution in [0.5, 0.6) is 0 Å². The van der Waals surface area contributed by atoms with E-state index in [1.165, 1.54) is 18.4 Å². The Labute approximate surface area is 120 Å². The van der Waals surface area contributed by atoms with Crippen LogP contribution in [0.4, 0.5) is 5.69 Å². The Hall–Kier alpha value is -0.780. The number of hydrogen-bond donors (Lipinski definition) is 1. The predicted octanol–water partition coefficient (Wildman–Crippen LogP) is 2.76. The Kier molecular flexibility index (Phi) is 6.10. The van der Waals surface area contributed by atoms with Gasteiger partial charge in [-0.05, 0) is 25.0 Å². The maximum Gasteiger partial charge on any atom is 0.244 e. The second-order valence-electron chi connectivity index (χ2n) is 4.51. The average molecular weight is 305 g/mol. The van der Waals surface area contributed by atoms with Gasteiger partial charge < -0.3 is 5.32 Å². The molecule has 1 rings (SSSR count). The van der Waals surface area contributed by atoms with Crippen LogP contribution in [0.3, 0.4) is 0 Å². The molecule has 0 spiro atoms. The maximum atomic E-state index is 12.2. The average Bonchev–Trinajstić information content (AvgIpc) is 2.38. The van der Waals surface area contributed by atoms with Gasteiger partial charge in [0.2, 0.25) is 10.0 Å². The fourth-order valence-corrected chi connectivity index (χ4v) is 3.05. The highest BCUT2D eigenvalue weighted by Gasteiger charge is 2.21. The van der Waals surface area contributed by atoms with E-state index in [9.17, 15) is 8.42 Å². The van der Waals surface area contributed by atoms with Crippen LogP contribution < -0.4 is 5.32 Å². The van der Waals surface area contributed by atoms with E-state index in [2.05, 4.69) is 5.32 Å². The molecule has 0 saturated carbocycles. The quantitative estimate of drug-likeness (QED) is 0.788. The molecule has 0 aromatic heterocycles. The van der Waals surface area contributed by atoms with E-state index < -0.39 is 10.0 Å². The summed E-state index contributed by atoms with van der Waals surface area (Å²) in [4.78, 5) is 0.299. The summed E-state index contributed by atoms with van der Waals surface area (Å²) >= 11 is 5.75. The number of hydrogen-bond acceptors (Lipinski definition) is 3. The van der Waals surface area contributed by atoms with E-state index in [0.29, 0.717) is 16.5 Å². The number of nitrogens with one attached hydrogen (secondary N) is 1. The smallest absolute Gasteiger partial charge is 0.244 e. The molecular weight excluding hydrogens is 284 g/mol. The normalized spacial score (nSPS) is 13.5. The molecule has 108 valence electrons. The molecular formula is C13H21ClN2O2S. The third-order valence-electron chi connectivity index (χ3n) is 2.96. The minimum Gasteiger partial charge on any atom is -0.381 e. The molecule has 0 saturated heterocycles. The van der Waals surface area contributed by atoms with Crippen LogP contribution in [0, 0.1) is 0 Å². The van der Waals surface area contributed by atoms with Crippen LogP contribution >= 0.6 is 11.6 Å². The lowest BCUT2D eigenvalue weighted by Gasteiger charge is -2.21. The highest BCUT2D eigenvalue weighted by atomic mass is 35.5. The van der Waals surface area contributed by atoms with Crippen molar-refractivity contribution in [3.63, 3.8) is 0 Å². The first kappa shape index (κ1) is 16.3. The molecule has 0 amide bonds. The van der Waals surface area contributed by atoms with Crippen LogP contribution in [0.2, 0.25) is 0 Å². The monoisotopic (exact) mass is 304 g/mol. The first-order valence-corrected chi connectivity index (χ1v) is 8.25. The van der Waals surface area contributed by atoms with Gasteiger partial charge in [-0.25, -0.2) is 12.7 Å². The first-order chi connectivity index (χ1) is 8.93. The van der Waals surface area contributed by atoms with Crippen molar-refractivity contribution in [1.82, 2.24) is 4.31 Å². The van der Waals surface area contributed by atoms with Crippen molar-refractivity contribution in [2.24, 2.45) is 0 Å². The van der Waals surface area contributed by atoms with Crippen LogP contribution in [-0.4, -0.2) is 38.7 Å². The lowest BCUT2D eigenvalue weighted by molar-refractivity contribution is 0.521. The molecule has 1 aromatic rings. The van der Waals surface area contributed by atoms with Gasteiger partial charge in [0, 0.05) is 26.0 Å². The van der Waals surface area contributed by atoms with Crippen LogP contribution in [0.25, 0.3) is 0 Å². The molecule has 0 aliphatic rings. The minimum atomic E-state index is -3.44. The van der Waals surface area contributed by atoms with E-state index in [1.807, 2.05) is 13.0 Å². The van der Waals surface area contributed by atoms with Crippen molar-refractivity contribution in [2.75, 3.05) is 25.3 Å². The zero-order valence-corrected chi connectivity index (χ0v) is 13.1. The molecule has 0 bridgehead atoms. The zero-order valence-electron chi connectivity index (χ0n) is 11.6. The van der Waals surface area contributed by atoms with Gasteiger partial charge in [0.15, 0.2) is 0 Å². The fraction of sp³-hybridized carbons (Fsp3) is 0.538. The number of para-hydroxylation sites is 1. The van der Waals surface area contributed by atoms with Crippen molar-refractivity contribution in [2.45, 2.75) is 30.7 Å². The first-order valence-electron chi connectivity index (χ1n) is 6.27. The second kappa shape index (κ2) is 7.12. The number of anilines is 1. The van der Waals surface area contributed by atoms with Gasteiger partial charge in [-0.2, -0.15) is 0 Å². The number of benzene rings is 1. The maximum absolute atomic E-state index is 12.2. The van der Waals surface area contributed by atoms with E-state index in [-0.39, 0.29) is 6.04 Å². The van der Waals surface area contributed by atoms with Crippen LogP contribution in [0.15, 0.2) is 29.2 Å². The Balaban J connectivity index is 3.09. The van der Waals surface area contributed by atoms with E-state index in [1.54, 1.807) is 18.2 Å². The third-order valence-corrected chi connectivity index (χ3v) is 5.05. The molecule has 0 radical (unpaired) electrons. The molecule has 0 heterocycles. The summed E-state index contributed by atoms with van der Waals surface area (Å²) in [5, 5.41) is 3.27. The Morgan fingerprint density at radius 1 is 1.32 bits per heavy atom. The van der Waals surface area contributed by atoms with Crippen molar-refractivity contribution in [3.05, 3.63) is 24.3 Å². The largest absolute Gasteiger partial charge is 0.381 e. The molecule has 0 aliphatic carbocycles. The lowest BCUT2D eigenvalue weighted by Crippen LogP contribution is -2.25. The third kappa shape index (κ3) is 4.09. The molecule has 0 aliphatic heterocycles.